The molecule has 1 heterocycles. The molecule has 5 nitrogen and oxygen atoms in total. The van der Waals surface area contributed by atoms with Crippen LogP contribution < -0.4 is 10.1 Å². The van der Waals surface area contributed by atoms with Gasteiger partial charge in [0.25, 0.3) is 5.91 Å². The molecule has 27 heavy (non-hydrogen) atoms. The maximum Gasteiger partial charge on any atom is 0.255 e. The number of nitrogens with zero attached hydrogens (tertiary/aromatic N) is 2. The first kappa shape index (κ1) is 19.1. The third-order valence-corrected chi connectivity index (χ3v) is 4.27. The van der Waals surface area contributed by atoms with E-state index in [-0.39, 0.29) is 11.5 Å². The number of aryl methyl sites for hydroxylation is 1. The molecule has 0 atom stereocenters. The van der Waals surface area contributed by atoms with E-state index in [1.165, 1.54) is 18.2 Å². The van der Waals surface area contributed by atoms with Gasteiger partial charge in [-0.1, -0.05) is 22.0 Å². The predicted molar refractivity (Wildman–Crippen MR) is 107 cm³/mol. The lowest BCUT2D eigenvalue weighted by molar-refractivity contribution is 0.102. The zero-order valence-corrected chi connectivity index (χ0v) is 16.4. The van der Waals surface area contributed by atoms with Gasteiger partial charge in [0.05, 0.1) is 12.3 Å². The summed E-state index contributed by atoms with van der Waals surface area (Å²) in [6.45, 7) is 3.23. The molecule has 0 radical (unpaired) electrons. The van der Waals surface area contributed by atoms with E-state index in [0.717, 1.165) is 11.3 Å². The Balaban J connectivity index is 1.93. The van der Waals surface area contributed by atoms with Crippen LogP contribution in [-0.4, -0.2) is 27.6 Å². The van der Waals surface area contributed by atoms with Crippen LogP contribution in [0.4, 0.5) is 10.1 Å². The van der Waals surface area contributed by atoms with Crippen LogP contribution in [0.15, 0.2) is 54.7 Å². The van der Waals surface area contributed by atoms with Crippen molar-refractivity contribution < 1.29 is 13.9 Å². The molecule has 3 rings (SSSR count). The van der Waals surface area contributed by atoms with Crippen LogP contribution in [0, 0.1) is 5.82 Å². The third kappa shape index (κ3) is 4.54. The van der Waals surface area contributed by atoms with E-state index < -0.39 is 5.82 Å². The highest BCUT2D eigenvalue weighted by Crippen LogP contribution is 2.33. The summed E-state index contributed by atoms with van der Waals surface area (Å²) < 4.78 is 21.0. The fraction of sp³-hybridized carbons (Fsp3) is 0.200. The molecule has 3 aromatic rings. The second-order valence-electron chi connectivity index (χ2n) is 5.75. The Morgan fingerprint density at radius 3 is 2.85 bits per heavy atom. The molecule has 140 valence electrons. The second-order valence-corrected chi connectivity index (χ2v) is 6.54. The van der Waals surface area contributed by atoms with Crippen molar-refractivity contribution >= 4 is 27.5 Å². The van der Waals surface area contributed by atoms with Gasteiger partial charge < -0.3 is 10.1 Å². The van der Waals surface area contributed by atoms with E-state index in [0.29, 0.717) is 29.9 Å². The summed E-state index contributed by atoms with van der Waals surface area (Å²) in [5, 5.41) is 7.82. The van der Waals surface area contributed by atoms with E-state index >= 15 is 0 Å². The molecule has 0 spiro atoms. The molecule has 0 aliphatic carbocycles. The summed E-state index contributed by atoms with van der Waals surface area (Å²) in [4.78, 5) is 12.4. The number of rotatable bonds is 7. The van der Waals surface area contributed by atoms with Crippen LogP contribution in [0.3, 0.4) is 0 Å². The molecule has 0 saturated heterocycles. The van der Waals surface area contributed by atoms with Gasteiger partial charge in [0.2, 0.25) is 0 Å². The van der Waals surface area contributed by atoms with Gasteiger partial charge >= 0.3 is 0 Å². The minimum Gasteiger partial charge on any atom is -0.492 e. The highest BCUT2D eigenvalue weighted by Gasteiger charge is 2.14. The largest absolute Gasteiger partial charge is 0.492 e. The fourth-order valence-electron chi connectivity index (χ4n) is 2.73. The molecule has 0 aliphatic rings. The lowest BCUT2D eigenvalue weighted by Gasteiger charge is -2.14. The van der Waals surface area contributed by atoms with Gasteiger partial charge in [0.15, 0.2) is 0 Å². The number of benzene rings is 2. The molecule has 2 aromatic carbocycles. The number of hydrogen-bond acceptors (Lipinski definition) is 3. The van der Waals surface area contributed by atoms with Gasteiger partial charge in [0, 0.05) is 34.9 Å². The molecule has 0 bridgehead atoms. The van der Waals surface area contributed by atoms with Crippen LogP contribution in [0.2, 0.25) is 0 Å². The van der Waals surface area contributed by atoms with Gasteiger partial charge in [0.1, 0.15) is 11.6 Å². The number of hydrogen-bond donors (Lipinski definition) is 1. The molecular formula is C20H19BrFN3O2. The lowest BCUT2D eigenvalue weighted by Crippen LogP contribution is -2.12. The van der Waals surface area contributed by atoms with Gasteiger partial charge in [-0.05, 0) is 49.4 Å². The van der Waals surface area contributed by atoms with E-state index in [2.05, 4.69) is 26.3 Å². The Hall–Kier alpha value is -2.67. The highest BCUT2D eigenvalue weighted by molar-refractivity contribution is 9.09. The zero-order valence-electron chi connectivity index (χ0n) is 14.8. The molecule has 0 fully saturated rings. The first-order valence-electron chi connectivity index (χ1n) is 8.54. The van der Waals surface area contributed by atoms with Gasteiger partial charge in [-0.15, -0.1) is 0 Å². The van der Waals surface area contributed by atoms with Crippen molar-refractivity contribution in [3.8, 4) is 17.0 Å². The molecule has 0 saturated carbocycles. The van der Waals surface area contributed by atoms with Crippen LogP contribution in [-0.2, 0) is 6.54 Å². The normalized spacial score (nSPS) is 10.6. The third-order valence-electron chi connectivity index (χ3n) is 3.95. The maximum atomic E-state index is 13.4. The summed E-state index contributed by atoms with van der Waals surface area (Å²) in [5.41, 5.74) is 2.57. The van der Waals surface area contributed by atoms with E-state index in [4.69, 9.17) is 4.74 Å². The van der Waals surface area contributed by atoms with Gasteiger partial charge in [-0.25, -0.2) is 4.39 Å². The second kappa shape index (κ2) is 8.81. The standard InChI is InChI=1S/C20H19BrFN3O2/c1-2-25-18(8-10-23-25)17-13-16(6-7-19(17)27-11-9-21)24-20(26)14-4-3-5-15(22)12-14/h3-8,10,12-13H,2,9,11H2,1H3,(H,24,26). The number of alkyl halides is 1. The number of halogens is 2. The smallest absolute Gasteiger partial charge is 0.255 e. The van der Waals surface area contributed by atoms with Crippen LogP contribution in [0.25, 0.3) is 11.3 Å². The molecule has 1 amide bonds. The van der Waals surface area contributed by atoms with Crippen molar-refractivity contribution in [3.05, 3.63) is 66.1 Å². The van der Waals surface area contributed by atoms with Crippen molar-refractivity contribution in [3.63, 3.8) is 0 Å². The van der Waals surface area contributed by atoms with Crippen molar-refractivity contribution in [2.75, 3.05) is 17.3 Å². The zero-order chi connectivity index (χ0) is 19.2. The summed E-state index contributed by atoms with van der Waals surface area (Å²) in [6.07, 6.45) is 1.73. The number of amides is 1. The minimum absolute atomic E-state index is 0.259. The number of anilines is 1. The van der Waals surface area contributed by atoms with Crippen molar-refractivity contribution in [2.45, 2.75) is 13.5 Å². The fourth-order valence-corrected chi connectivity index (χ4v) is 2.89. The first-order chi connectivity index (χ1) is 13.1. The van der Waals surface area contributed by atoms with Gasteiger partial charge in [-0.2, -0.15) is 5.10 Å². The molecule has 1 N–H and O–H groups in total. The predicted octanol–water partition coefficient (Wildman–Crippen LogP) is 4.74. The SMILES string of the molecule is CCn1nccc1-c1cc(NC(=O)c2cccc(F)c2)ccc1OCCBr. The summed E-state index contributed by atoms with van der Waals surface area (Å²) >= 11 is 3.36. The molecule has 0 unspecified atom stereocenters. The Kier molecular flexibility index (Phi) is 6.24. The number of carbonyl (C=O) groups is 1. The Labute approximate surface area is 165 Å². The topological polar surface area (TPSA) is 56.2 Å². The van der Waals surface area contributed by atoms with Crippen LogP contribution in [0.5, 0.6) is 5.75 Å². The summed E-state index contributed by atoms with van der Waals surface area (Å²) in [5.74, 6) is -0.124. The van der Waals surface area contributed by atoms with Crippen LogP contribution in [0.1, 0.15) is 17.3 Å². The average Bonchev–Trinajstić information content (AvgIpc) is 3.15. The molecular weight excluding hydrogens is 413 g/mol. The molecule has 7 heteroatoms. The lowest BCUT2D eigenvalue weighted by atomic mass is 10.1. The maximum absolute atomic E-state index is 13.4. The van der Waals surface area contributed by atoms with Crippen molar-refractivity contribution in [1.82, 2.24) is 9.78 Å². The van der Waals surface area contributed by atoms with E-state index in [9.17, 15) is 9.18 Å². The number of nitrogens with one attached hydrogen (secondary N) is 1. The number of carbonyl (C=O) groups excluding carboxylic acids is 1. The quantitative estimate of drug-likeness (QED) is 0.549. The molecule has 1 aromatic heterocycles. The van der Waals surface area contributed by atoms with E-state index in [1.54, 1.807) is 18.3 Å². The Bertz CT molecular complexity index is 942. The summed E-state index contributed by atoms with van der Waals surface area (Å²) in [7, 11) is 0. The van der Waals surface area contributed by atoms with Crippen LogP contribution >= 0.6 is 15.9 Å². The van der Waals surface area contributed by atoms with Gasteiger partial charge in [-0.3, -0.25) is 9.48 Å². The monoisotopic (exact) mass is 431 g/mol. The minimum atomic E-state index is -0.450. The Morgan fingerprint density at radius 2 is 2.11 bits per heavy atom. The highest BCUT2D eigenvalue weighted by atomic mass is 79.9. The number of ether oxygens (including phenoxy) is 1. The molecule has 0 aliphatic heterocycles. The van der Waals surface area contributed by atoms with Crippen molar-refractivity contribution in [1.29, 1.82) is 0 Å². The summed E-state index contributed by atoms with van der Waals surface area (Å²) in [6, 6.07) is 12.9. The first-order valence-corrected chi connectivity index (χ1v) is 9.66. The van der Waals surface area contributed by atoms with E-state index in [1.807, 2.05) is 29.8 Å². The number of aromatic nitrogens is 2. The Morgan fingerprint density at radius 1 is 1.26 bits per heavy atom. The van der Waals surface area contributed by atoms with Crippen molar-refractivity contribution in [2.24, 2.45) is 0 Å². The average molecular weight is 432 g/mol.